The molecule has 0 unspecified atom stereocenters. The van der Waals surface area contributed by atoms with Gasteiger partial charge in [0.2, 0.25) is 0 Å². The lowest BCUT2D eigenvalue weighted by molar-refractivity contribution is -0.416. The first-order chi connectivity index (χ1) is 21.8. The quantitative estimate of drug-likeness (QED) is 0.152. The zero-order valence-corrected chi connectivity index (χ0v) is 27.4. The van der Waals surface area contributed by atoms with Gasteiger partial charge in [0.15, 0.2) is 6.04 Å². The number of carbonyl (C=O) groups excluding carboxylic acids is 2. The predicted molar refractivity (Wildman–Crippen MR) is 165 cm³/mol. The fraction of sp³-hybridized carbons (Fsp3) is 0.559. The van der Waals surface area contributed by atoms with E-state index in [2.05, 4.69) is 15.8 Å². The van der Waals surface area contributed by atoms with E-state index in [0.29, 0.717) is 0 Å². The zero-order valence-electron chi connectivity index (χ0n) is 26.6. The zero-order chi connectivity index (χ0) is 35.4. The first kappa shape index (κ1) is 45.8. The van der Waals surface area contributed by atoms with Crippen molar-refractivity contribution in [3.63, 3.8) is 0 Å². The average Bonchev–Trinajstić information content (AvgIpc) is 3.95. The second kappa shape index (κ2) is 20.4. The van der Waals surface area contributed by atoms with E-state index in [9.17, 15) is 50.2 Å². The fourth-order valence-electron chi connectivity index (χ4n) is 4.67. The monoisotopic (exact) mass is 730 g/mol. The van der Waals surface area contributed by atoms with Gasteiger partial charge in [-0.3, -0.25) is 14.9 Å². The summed E-state index contributed by atoms with van der Waals surface area (Å²) in [5.41, 5.74) is 3.92. The van der Waals surface area contributed by atoms with Gasteiger partial charge in [0.05, 0.1) is 13.5 Å². The highest BCUT2D eigenvalue weighted by molar-refractivity contribution is 6.00. The maximum atomic E-state index is 13.9. The number of carbonyl (C=O) groups is 3. The number of ketones is 1. The molecule has 2 aromatic rings. The first-order valence-corrected chi connectivity index (χ1v) is 15.2. The summed E-state index contributed by atoms with van der Waals surface area (Å²) in [5.74, 6) is -9.18. The Kier molecular flexibility index (Phi) is 19.1. The number of ether oxygens (including phenoxy) is 1. The molecule has 2 aromatic carbocycles. The van der Waals surface area contributed by atoms with Crippen LogP contribution in [0.2, 0.25) is 0 Å². The second-order valence-electron chi connectivity index (χ2n) is 12.0. The molecular weight excluding hydrogens is 685 g/mol. The van der Waals surface area contributed by atoms with Crippen molar-refractivity contribution < 1.29 is 73.1 Å². The van der Waals surface area contributed by atoms with Crippen LogP contribution in [0.5, 0.6) is 0 Å². The van der Waals surface area contributed by atoms with Crippen LogP contribution >= 0.6 is 0 Å². The molecule has 2 aliphatic rings. The highest BCUT2D eigenvalue weighted by Gasteiger charge is 2.42. The number of carboxylic acid groups (broad SMARTS) is 1. The molecular formula is C34H46ClF7N2O5. The molecule has 0 spiro atoms. The van der Waals surface area contributed by atoms with Crippen LogP contribution in [-0.2, 0) is 14.3 Å². The van der Waals surface area contributed by atoms with Crippen LogP contribution in [0.3, 0.4) is 0 Å². The van der Waals surface area contributed by atoms with Gasteiger partial charge in [-0.2, -0.15) is 13.2 Å². The van der Waals surface area contributed by atoms with Gasteiger partial charge >= 0.3 is 18.1 Å². The van der Waals surface area contributed by atoms with E-state index < -0.39 is 60.7 Å². The maximum Gasteiger partial charge on any atom is 0.454 e. The van der Waals surface area contributed by atoms with Crippen molar-refractivity contribution in [2.24, 2.45) is 11.8 Å². The molecule has 0 aliphatic heterocycles. The predicted octanol–water partition coefficient (Wildman–Crippen LogP) is 4.28. The molecule has 0 saturated heterocycles. The number of nitrogens with one attached hydrogen (secondary N) is 1. The van der Waals surface area contributed by atoms with E-state index in [1.165, 1.54) is 19.2 Å². The number of esters is 1. The maximum absolute atomic E-state index is 13.9. The Balaban J connectivity index is 0.000000725. The van der Waals surface area contributed by atoms with Crippen LogP contribution in [0.1, 0.15) is 87.7 Å². The summed E-state index contributed by atoms with van der Waals surface area (Å²) in [7, 11) is 1.18. The number of methoxy groups -OCH3 is 1. The second-order valence-corrected chi connectivity index (χ2v) is 12.0. The average molecular weight is 731 g/mol. The number of rotatable bonds is 14. The first-order valence-electron chi connectivity index (χ1n) is 15.2. The summed E-state index contributed by atoms with van der Waals surface area (Å²) in [4.78, 5) is 32.7. The van der Waals surface area contributed by atoms with Gasteiger partial charge in [-0.1, -0.05) is 68.1 Å². The summed E-state index contributed by atoms with van der Waals surface area (Å²) in [6, 6.07) is 13.3. The molecule has 5 N–H and O–H groups in total. The van der Waals surface area contributed by atoms with Crippen LogP contribution in [0.15, 0.2) is 60.7 Å². The Morgan fingerprint density at radius 2 is 1.27 bits per heavy atom. The van der Waals surface area contributed by atoms with E-state index in [-0.39, 0.29) is 56.1 Å². The smallest absolute Gasteiger partial charge is 0.454 e. The largest absolute Gasteiger partial charge is 1.00 e. The van der Waals surface area contributed by atoms with Crippen molar-refractivity contribution >= 4 is 17.7 Å². The van der Waals surface area contributed by atoms with Gasteiger partial charge in [0.1, 0.15) is 6.04 Å². The number of aliphatic carboxylic acids is 1. The standard InChI is InChI=1S/C16H21F2NO2.C9H15F2NO2.C8H5F3O.CH4.ClH/c1-11(13-5-3-2-4-6-13)19-14(15(20)21)10-16(17,18)9-12-7-8-12;1-14-8(13)7(12)5-9(10,11)4-6-2-3-6;9-8(10,11)7(12)6-4-2-1-3-5-6;;/h2-6,11-12,14,19H,7-10H2,1H3,(H,20,21);6-7H,2-5,12H2,1H3;1-5H;1H4;1H/t11-,14+;7-;;;/m10.../s1. The van der Waals surface area contributed by atoms with Crippen molar-refractivity contribution in [2.45, 2.75) is 102 Å². The Hall–Kier alpha value is -3.23. The Morgan fingerprint density at radius 3 is 1.65 bits per heavy atom. The molecule has 278 valence electrons. The van der Waals surface area contributed by atoms with E-state index in [0.717, 1.165) is 43.4 Å². The summed E-state index contributed by atoms with van der Waals surface area (Å²) in [6.45, 7) is 1.78. The van der Waals surface area contributed by atoms with Gasteiger partial charge in [-0.15, -0.1) is 0 Å². The van der Waals surface area contributed by atoms with E-state index in [1.54, 1.807) is 13.0 Å². The molecule has 3 atom stereocenters. The van der Waals surface area contributed by atoms with Crippen LogP contribution < -0.4 is 23.5 Å². The molecule has 0 heterocycles. The molecule has 2 fully saturated rings. The molecule has 7 nitrogen and oxygen atoms in total. The van der Waals surface area contributed by atoms with Crippen LogP contribution in [-0.4, -0.2) is 60.0 Å². The normalized spacial score (nSPS) is 16.0. The minimum absolute atomic E-state index is 0. The van der Waals surface area contributed by atoms with E-state index in [1.807, 2.05) is 30.3 Å². The van der Waals surface area contributed by atoms with E-state index >= 15 is 0 Å². The van der Waals surface area contributed by atoms with Gasteiger partial charge in [0.25, 0.3) is 17.6 Å². The third kappa shape index (κ3) is 18.4. The van der Waals surface area contributed by atoms with E-state index in [4.69, 9.17) is 0 Å². The SMILES string of the molecule is C.COC(=O)[C@@H]([NH3+])CC(F)(F)CC1CC1.C[C@@H](N[C@@H](CC(F)(F)CC1CC1)C(=O)O)c1ccccc1.O=C(c1ccccc1)C(F)(F)F.[Cl-]. The summed E-state index contributed by atoms with van der Waals surface area (Å²) < 4.78 is 93.9. The van der Waals surface area contributed by atoms with Crippen molar-refractivity contribution in [3.05, 3.63) is 71.8 Å². The molecule has 4 rings (SSSR count). The molecule has 0 aromatic heterocycles. The lowest BCUT2D eigenvalue weighted by Gasteiger charge is -2.24. The summed E-state index contributed by atoms with van der Waals surface area (Å²) in [6.07, 6.45) is -2.81. The number of hydrogen-bond acceptors (Lipinski definition) is 5. The van der Waals surface area contributed by atoms with Gasteiger partial charge in [-0.05, 0) is 50.0 Å². The number of Topliss-reactive ketones (excluding diaryl/α,β-unsaturated/α-hetero) is 1. The number of carboxylic acids is 1. The third-order valence-corrected chi connectivity index (χ3v) is 7.49. The van der Waals surface area contributed by atoms with Gasteiger partial charge in [0, 0.05) is 30.9 Å². The van der Waals surface area contributed by atoms with Crippen molar-refractivity contribution in [3.8, 4) is 0 Å². The van der Waals surface area contributed by atoms with Gasteiger partial charge in [-0.25, -0.2) is 22.4 Å². The van der Waals surface area contributed by atoms with Crippen molar-refractivity contribution in [1.82, 2.24) is 5.32 Å². The van der Waals surface area contributed by atoms with Crippen LogP contribution in [0.25, 0.3) is 0 Å². The Bertz CT molecular complexity index is 1280. The Morgan fingerprint density at radius 1 is 0.837 bits per heavy atom. The van der Waals surface area contributed by atoms with Crippen molar-refractivity contribution in [1.29, 1.82) is 0 Å². The number of alkyl halides is 7. The highest BCUT2D eigenvalue weighted by atomic mass is 35.5. The van der Waals surface area contributed by atoms with Crippen molar-refractivity contribution in [2.75, 3.05) is 7.11 Å². The van der Waals surface area contributed by atoms with Crippen LogP contribution in [0, 0.1) is 11.8 Å². The highest BCUT2D eigenvalue weighted by Crippen LogP contribution is 2.41. The van der Waals surface area contributed by atoms with Crippen LogP contribution in [0.4, 0.5) is 30.7 Å². The molecule has 0 radical (unpaired) electrons. The fourth-order valence-corrected chi connectivity index (χ4v) is 4.67. The topological polar surface area (TPSA) is 120 Å². The molecule has 15 heteroatoms. The third-order valence-electron chi connectivity index (χ3n) is 7.49. The summed E-state index contributed by atoms with van der Waals surface area (Å²) in [5, 5.41) is 12.0. The lowest BCUT2D eigenvalue weighted by Crippen LogP contribution is -3.00. The number of benzene rings is 2. The Labute approximate surface area is 288 Å². The number of halogens is 8. The molecule has 0 bridgehead atoms. The molecule has 0 amide bonds. The minimum Gasteiger partial charge on any atom is -1.00 e. The number of quaternary nitrogens is 1. The summed E-state index contributed by atoms with van der Waals surface area (Å²) >= 11 is 0. The number of hydrogen-bond donors (Lipinski definition) is 3. The molecule has 2 aliphatic carbocycles. The molecule has 2 saturated carbocycles. The van der Waals surface area contributed by atoms with Gasteiger partial charge < -0.3 is 28.0 Å². The molecule has 49 heavy (non-hydrogen) atoms. The lowest BCUT2D eigenvalue weighted by atomic mass is 10.0. The minimum atomic E-state index is -4.78.